The van der Waals surface area contributed by atoms with Gasteiger partial charge in [-0.25, -0.2) is 4.79 Å². The fraction of sp³-hybridized carbons (Fsp3) is 0.700. The van der Waals surface area contributed by atoms with Crippen molar-refractivity contribution in [3.8, 4) is 0 Å². The monoisotopic (exact) mass is 281 g/mol. The number of halogens is 3. The van der Waals surface area contributed by atoms with Crippen LogP contribution in [-0.4, -0.2) is 28.3 Å². The fourth-order valence-electron chi connectivity index (χ4n) is 1.24. The average molecular weight is 281 g/mol. The normalized spacial score (nSPS) is 15.1. The molecule has 19 heavy (non-hydrogen) atoms. The highest BCUT2D eigenvalue weighted by atomic mass is 19.4. The van der Waals surface area contributed by atoms with Crippen LogP contribution in [0.1, 0.15) is 38.1 Å². The topological polar surface area (TPSA) is 91.2 Å². The first kappa shape index (κ1) is 15.4. The van der Waals surface area contributed by atoms with Crippen LogP contribution in [0.4, 0.5) is 13.2 Å². The Balaban J connectivity index is 2.92. The molecule has 0 aromatic carbocycles. The summed E-state index contributed by atoms with van der Waals surface area (Å²) in [6.45, 7) is 3.38. The Bertz CT molecular complexity index is 433. The number of nitrogens with zero attached hydrogens (tertiary/aromatic N) is 2. The van der Waals surface area contributed by atoms with Crippen molar-refractivity contribution in [2.24, 2.45) is 5.73 Å². The molecule has 2 N–H and O–H groups in total. The quantitative estimate of drug-likeness (QED) is 0.823. The van der Waals surface area contributed by atoms with Crippen molar-refractivity contribution in [1.82, 2.24) is 10.1 Å². The maximum absolute atomic E-state index is 12.2. The minimum absolute atomic E-state index is 0.233. The van der Waals surface area contributed by atoms with Crippen LogP contribution in [0.2, 0.25) is 0 Å². The lowest BCUT2D eigenvalue weighted by molar-refractivity contribution is -0.207. The first-order valence-electron chi connectivity index (χ1n) is 5.65. The minimum atomic E-state index is -5.10. The fourth-order valence-corrected chi connectivity index (χ4v) is 1.24. The van der Waals surface area contributed by atoms with E-state index in [4.69, 9.17) is 10.3 Å². The van der Waals surface area contributed by atoms with E-state index in [0.717, 1.165) is 0 Å². The Labute approximate surface area is 107 Å². The van der Waals surface area contributed by atoms with E-state index < -0.39 is 24.3 Å². The zero-order valence-electron chi connectivity index (χ0n) is 10.4. The number of ether oxygens (including phenoxy) is 1. The molecule has 1 unspecified atom stereocenters. The number of carbonyl (C=O) groups excluding carboxylic acids is 1. The summed E-state index contributed by atoms with van der Waals surface area (Å²) in [4.78, 5) is 14.7. The van der Waals surface area contributed by atoms with E-state index in [1.807, 2.05) is 0 Å². The van der Waals surface area contributed by atoms with Crippen LogP contribution >= 0.6 is 0 Å². The number of aromatic nitrogens is 2. The molecule has 0 saturated heterocycles. The zero-order valence-corrected chi connectivity index (χ0v) is 10.4. The number of rotatable bonds is 5. The predicted octanol–water partition coefficient (Wildman–Crippen LogP) is 1.52. The summed E-state index contributed by atoms with van der Waals surface area (Å²) in [6.07, 6.45) is -5.80. The number of alkyl halides is 3. The standard InChI is InChI=1S/C10H14F3N3O3/c1-3-5(14)7(18-9(17)10(11,12)13)8-15-6(4-2)16-19-8/h5,7H,3-4,14H2,1-2H3/t5?,7-/m0/s1. The highest BCUT2D eigenvalue weighted by molar-refractivity contribution is 5.75. The van der Waals surface area contributed by atoms with Crippen LogP contribution in [0.15, 0.2) is 4.52 Å². The molecule has 0 saturated carbocycles. The molecule has 0 bridgehead atoms. The van der Waals surface area contributed by atoms with E-state index in [-0.39, 0.29) is 12.3 Å². The van der Waals surface area contributed by atoms with Gasteiger partial charge in [-0.05, 0) is 6.42 Å². The average Bonchev–Trinajstić information content (AvgIpc) is 2.81. The van der Waals surface area contributed by atoms with Crippen LogP contribution in [0.5, 0.6) is 0 Å². The van der Waals surface area contributed by atoms with Gasteiger partial charge in [0.15, 0.2) is 11.9 Å². The number of aryl methyl sites for hydroxylation is 1. The van der Waals surface area contributed by atoms with Crippen LogP contribution in [0, 0.1) is 0 Å². The van der Waals surface area contributed by atoms with E-state index in [0.29, 0.717) is 12.2 Å². The molecular formula is C10H14F3N3O3. The van der Waals surface area contributed by atoms with Gasteiger partial charge in [0.25, 0.3) is 5.89 Å². The Morgan fingerprint density at radius 2 is 2.11 bits per heavy atom. The van der Waals surface area contributed by atoms with Crippen LogP contribution in [0.25, 0.3) is 0 Å². The summed E-state index contributed by atoms with van der Waals surface area (Å²) >= 11 is 0. The molecule has 1 aromatic heterocycles. The first-order chi connectivity index (χ1) is 8.79. The predicted molar refractivity (Wildman–Crippen MR) is 56.8 cm³/mol. The molecule has 2 atom stereocenters. The molecule has 108 valence electrons. The molecular weight excluding hydrogens is 267 g/mol. The molecule has 1 rings (SSSR count). The third-order valence-electron chi connectivity index (χ3n) is 2.37. The maximum atomic E-state index is 12.2. The van der Waals surface area contributed by atoms with Gasteiger partial charge >= 0.3 is 12.1 Å². The molecule has 1 heterocycles. The van der Waals surface area contributed by atoms with E-state index >= 15 is 0 Å². The SMILES string of the molecule is CCc1noc([C@@H](OC(=O)C(F)(F)F)C(N)CC)n1. The van der Waals surface area contributed by atoms with Crippen molar-refractivity contribution in [1.29, 1.82) is 0 Å². The summed E-state index contributed by atoms with van der Waals surface area (Å²) in [5.41, 5.74) is 5.62. The van der Waals surface area contributed by atoms with Gasteiger partial charge in [-0.3, -0.25) is 0 Å². The molecule has 0 aliphatic rings. The van der Waals surface area contributed by atoms with Crippen LogP contribution in [-0.2, 0) is 16.0 Å². The summed E-state index contributed by atoms with van der Waals surface area (Å²) < 4.78 is 45.6. The van der Waals surface area contributed by atoms with Gasteiger partial charge in [-0.15, -0.1) is 0 Å². The zero-order chi connectivity index (χ0) is 14.6. The highest BCUT2D eigenvalue weighted by Gasteiger charge is 2.44. The van der Waals surface area contributed by atoms with Crippen LogP contribution in [0.3, 0.4) is 0 Å². The minimum Gasteiger partial charge on any atom is -0.444 e. The lowest BCUT2D eigenvalue weighted by atomic mass is 10.1. The second kappa shape index (κ2) is 6.00. The van der Waals surface area contributed by atoms with E-state index in [1.54, 1.807) is 13.8 Å². The van der Waals surface area contributed by atoms with Crippen molar-refractivity contribution in [3.05, 3.63) is 11.7 Å². The first-order valence-corrected chi connectivity index (χ1v) is 5.65. The number of carbonyl (C=O) groups is 1. The van der Waals surface area contributed by atoms with Crippen LogP contribution < -0.4 is 5.73 Å². The molecule has 1 aromatic rings. The third kappa shape index (κ3) is 3.91. The lowest BCUT2D eigenvalue weighted by Gasteiger charge is -2.20. The largest absolute Gasteiger partial charge is 0.490 e. The Morgan fingerprint density at radius 1 is 1.47 bits per heavy atom. The molecule has 0 fully saturated rings. The van der Waals surface area contributed by atoms with E-state index in [9.17, 15) is 18.0 Å². The highest BCUT2D eigenvalue weighted by Crippen LogP contribution is 2.26. The van der Waals surface area contributed by atoms with Crippen molar-refractivity contribution in [3.63, 3.8) is 0 Å². The number of hydrogen-bond donors (Lipinski definition) is 1. The second-order valence-corrected chi connectivity index (χ2v) is 3.80. The van der Waals surface area contributed by atoms with Crippen molar-refractivity contribution in [2.45, 2.75) is 45.0 Å². The van der Waals surface area contributed by atoms with E-state index in [2.05, 4.69) is 14.9 Å². The maximum Gasteiger partial charge on any atom is 0.490 e. The summed E-state index contributed by atoms with van der Waals surface area (Å²) in [5, 5.41) is 3.53. The second-order valence-electron chi connectivity index (χ2n) is 3.80. The Kier molecular flexibility index (Phi) is 4.87. The van der Waals surface area contributed by atoms with Gasteiger partial charge in [0.05, 0.1) is 6.04 Å². The Hall–Kier alpha value is -1.64. The van der Waals surface area contributed by atoms with Crippen molar-refractivity contribution < 1.29 is 27.2 Å². The number of esters is 1. The summed E-state index contributed by atoms with van der Waals surface area (Å²) in [6, 6.07) is -0.864. The van der Waals surface area contributed by atoms with Gasteiger partial charge < -0.3 is 15.0 Å². The molecule has 9 heteroatoms. The van der Waals surface area contributed by atoms with Gasteiger partial charge in [-0.2, -0.15) is 18.2 Å². The molecule has 0 radical (unpaired) electrons. The smallest absolute Gasteiger partial charge is 0.444 e. The molecule has 0 aliphatic heterocycles. The Morgan fingerprint density at radius 3 is 2.53 bits per heavy atom. The van der Waals surface area contributed by atoms with Gasteiger partial charge in [0.1, 0.15) is 0 Å². The van der Waals surface area contributed by atoms with Gasteiger partial charge in [0, 0.05) is 6.42 Å². The van der Waals surface area contributed by atoms with Gasteiger partial charge in [0.2, 0.25) is 0 Å². The lowest BCUT2D eigenvalue weighted by Crippen LogP contribution is -2.35. The van der Waals surface area contributed by atoms with Crippen molar-refractivity contribution in [2.75, 3.05) is 0 Å². The molecule has 0 spiro atoms. The molecule has 6 nitrogen and oxygen atoms in total. The summed E-state index contributed by atoms with van der Waals surface area (Å²) in [7, 11) is 0. The van der Waals surface area contributed by atoms with Gasteiger partial charge in [-0.1, -0.05) is 19.0 Å². The number of hydrogen-bond acceptors (Lipinski definition) is 6. The molecule has 0 amide bonds. The molecule has 0 aliphatic carbocycles. The third-order valence-corrected chi connectivity index (χ3v) is 2.37. The number of nitrogens with two attached hydrogens (primary N) is 1. The van der Waals surface area contributed by atoms with Crippen molar-refractivity contribution >= 4 is 5.97 Å². The summed E-state index contributed by atoms with van der Waals surface area (Å²) in [5.74, 6) is -2.27. The van der Waals surface area contributed by atoms with E-state index in [1.165, 1.54) is 0 Å².